The van der Waals surface area contributed by atoms with Gasteiger partial charge in [-0.05, 0) is 62.4 Å². The zero-order valence-electron chi connectivity index (χ0n) is 20.5. The summed E-state index contributed by atoms with van der Waals surface area (Å²) >= 11 is 0. The van der Waals surface area contributed by atoms with Gasteiger partial charge in [-0.15, -0.1) is 0 Å². The number of hydrogen-bond acceptors (Lipinski definition) is 3. The number of halogens is 1. The third kappa shape index (κ3) is 3.83. The minimum absolute atomic E-state index is 0.0337. The van der Waals surface area contributed by atoms with Crippen LogP contribution in [0.1, 0.15) is 56.4 Å². The molecule has 0 spiro atoms. The smallest absolute Gasteiger partial charge is 0.121 e. The lowest BCUT2D eigenvalue weighted by Crippen LogP contribution is -2.47. The van der Waals surface area contributed by atoms with Gasteiger partial charge in [-0.2, -0.15) is 0 Å². The Morgan fingerprint density at radius 3 is 2.62 bits per heavy atom. The Kier molecular flexibility index (Phi) is 5.08. The predicted octanol–water partition coefficient (Wildman–Crippen LogP) is 5.58. The number of fused-ring (bicyclic) bond motifs is 4. The third-order valence-corrected chi connectivity index (χ3v) is 7.46. The topological polar surface area (TPSA) is 51.0 Å². The molecule has 0 unspecified atom stereocenters. The molecule has 34 heavy (non-hydrogen) atoms. The molecule has 2 N–H and O–H groups in total. The van der Waals surface area contributed by atoms with Gasteiger partial charge in [-0.25, -0.2) is 9.37 Å². The molecule has 6 heteroatoms. The van der Waals surface area contributed by atoms with E-state index in [9.17, 15) is 4.39 Å². The summed E-state index contributed by atoms with van der Waals surface area (Å²) in [6, 6.07) is 15.2. The normalized spacial score (nSPS) is 22.4. The number of imidazole rings is 1. The Morgan fingerprint density at radius 1 is 1.06 bits per heavy atom. The number of aromatic amines is 2. The van der Waals surface area contributed by atoms with Crippen molar-refractivity contribution >= 4 is 21.9 Å². The molecule has 0 aliphatic carbocycles. The Balaban J connectivity index is 1.43. The number of para-hydroxylation sites is 1. The SMILES string of the molecule is CC1CN(Cc2nc3ccc([C@@H]4c5[nH]c6ccccc6c5C[C@@H](C)N4CC(C)(C)F)cc3[nH]2)C1. The Hall–Kier alpha value is -2.70. The molecule has 2 aliphatic heterocycles. The molecular weight excluding hydrogens is 425 g/mol. The molecular formula is C28H34FN5. The first-order valence-corrected chi connectivity index (χ1v) is 12.5. The molecule has 2 aromatic heterocycles. The average molecular weight is 460 g/mol. The number of nitrogens with one attached hydrogen (secondary N) is 2. The van der Waals surface area contributed by atoms with Crippen molar-refractivity contribution in [2.24, 2.45) is 5.92 Å². The molecule has 0 saturated carbocycles. The zero-order valence-corrected chi connectivity index (χ0v) is 20.5. The molecule has 6 rings (SSSR count). The molecule has 4 heterocycles. The van der Waals surface area contributed by atoms with Gasteiger partial charge >= 0.3 is 0 Å². The summed E-state index contributed by atoms with van der Waals surface area (Å²) in [6.45, 7) is 11.4. The standard InChI is InChI=1S/C28H34FN5/c1-17-13-33(14-17)15-25-30-23-10-9-19(12-24(23)31-25)27-26-21(20-7-5-6-8-22(20)32-26)11-18(2)34(27)16-28(3,4)29/h5-10,12,17-18,27,32H,11,13-16H2,1-4H3,(H,30,31)/t18-,27-/m1/s1. The number of H-pyrrole nitrogens is 2. The maximum atomic E-state index is 15.0. The van der Waals surface area contributed by atoms with E-state index in [1.54, 1.807) is 13.8 Å². The van der Waals surface area contributed by atoms with Gasteiger partial charge in [0.25, 0.3) is 0 Å². The van der Waals surface area contributed by atoms with Crippen LogP contribution in [0.5, 0.6) is 0 Å². The minimum atomic E-state index is -1.28. The second-order valence-corrected chi connectivity index (χ2v) is 11.2. The summed E-state index contributed by atoms with van der Waals surface area (Å²) < 4.78 is 15.0. The molecule has 178 valence electrons. The Bertz CT molecular complexity index is 1340. The lowest BCUT2D eigenvalue weighted by molar-refractivity contribution is 0.0668. The average Bonchev–Trinajstić information content (AvgIpc) is 3.32. The molecule has 1 fully saturated rings. The fraction of sp³-hybridized carbons (Fsp3) is 0.464. The molecule has 4 aromatic rings. The number of hydrogen-bond donors (Lipinski definition) is 2. The first kappa shape index (κ1) is 21.8. The summed E-state index contributed by atoms with van der Waals surface area (Å²) in [5, 5.41) is 1.28. The fourth-order valence-corrected chi connectivity index (χ4v) is 6.04. The van der Waals surface area contributed by atoms with E-state index in [4.69, 9.17) is 4.98 Å². The van der Waals surface area contributed by atoms with Crippen LogP contribution in [0.2, 0.25) is 0 Å². The van der Waals surface area contributed by atoms with Crippen molar-refractivity contribution in [2.45, 2.75) is 58.4 Å². The predicted molar refractivity (Wildman–Crippen MR) is 136 cm³/mol. The number of aromatic nitrogens is 3. The highest BCUT2D eigenvalue weighted by Crippen LogP contribution is 2.42. The van der Waals surface area contributed by atoms with Gasteiger partial charge in [-0.1, -0.05) is 31.2 Å². The van der Waals surface area contributed by atoms with Gasteiger partial charge in [0.15, 0.2) is 0 Å². The highest BCUT2D eigenvalue weighted by atomic mass is 19.1. The fourth-order valence-electron chi connectivity index (χ4n) is 6.04. The van der Waals surface area contributed by atoms with Crippen LogP contribution in [-0.2, 0) is 13.0 Å². The van der Waals surface area contributed by atoms with Crippen molar-refractivity contribution in [3.05, 3.63) is 65.1 Å². The van der Waals surface area contributed by atoms with Gasteiger partial charge in [0, 0.05) is 42.3 Å². The van der Waals surface area contributed by atoms with Crippen molar-refractivity contribution in [1.82, 2.24) is 24.8 Å². The van der Waals surface area contributed by atoms with Gasteiger partial charge < -0.3 is 9.97 Å². The van der Waals surface area contributed by atoms with E-state index in [-0.39, 0.29) is 12.1 Å². The highest BCUT2D eigenvalue weighted by Gasteiger charge is 2.38. The van der Waals surface area contributed by atoms with E-state index >= 15 is 0 Å². The van der Waals surface area contributed by atoms with Gasteiger partial charge in [0.2, 0.25) is 0 Å². The second kappa shape index (κ2) is 7.92. The molecule has 0 radical (unpaired) electrons. The zero-order chi connectivity index (χ0) is 23.6. The van der Waals surface area contributed by atoms with E-state index in [2.05, 4.69) is 76.1 Å². The summed E-state index contributed by atoms with van der Waals surface area (Å²) in [4.78, 5) is 16.9. The summed E-state index contributed by atoms with van der Waals surface area (Å²) in [6.07, 6.45) is 0.913. The number of nitrogens with zero attached hydrogens (tertiary/aromatic N) is 3. The van der Waals surface area contributed by atoms with E-state index in [1.807, 2.05) is 0 Å². The number of benzene rings is 2. The summed E-state index contributed by atoms with van der Waals surface area (Å²) in [5.74, 6) is 1.80. The van der Waals surface area contributed by atoms with E-state index in [0.29, 0.717) is 6.54 Å². The number of likely N-dealkylation sites (tertiary alicyclic amines) is 1. The second-order valence-electron chi connectivity index (χ2n) is 11.2. The van der Waals surface area contributed by atoms with Gasteiger partial charge in [-0.3, -0.25) is 9.80 Å². The van der Waals surface area contributed by atoms with Crippen LogP contribution in [0.25, 0.3) is 21.9 Å². The maximum absolute atomic E-state index is 15.0. The van der Waals surface area contributed by atoms with E-state index in [1.165, 1.54) is 22.2 Å². The van der Waals surface area contributed by atoms with Crippen LogP contribution in [-0.4, -0.2) is 56.1 Å². The van der Waals surface area contributed by atoms with Crippen LogP contribution >= 0.6 is 0 Å². The summed E-state index contributed by atoms with van der Waals surface area (Å²) in [7, 11) is 0. The first-order valence-electron chi connectivity index (χ1n) is 12.5. The van der Waals surface area contributed by atoms with Crippen LogP contribution in [0.3, 0.4) is 0 Å². The quantitative estimate of drug-likeness (QED) is 0.410. The van der Waals surface area contributed by atoms with Crippen LogP contribution in [0, 0.1) is 5.92 Å². The monoisotopic (exact) mass is 459 g/mol. The Labute approximate surface area is 200 Å². The molecule has 2 aromatic carbocycles. The number of alkyl halides is 1. The Morgan fingerprint density at radius 2 is 1.85 bits per heavy atom. The van der Waals surface area contributed by atoms with E-state index < -0.39 is 5.67 Å². The molecule has 0 bridgehead atoms. The molecule has 2 aliphatic rings. The highest BCUT2D eigenvalue weighted by molar-refractivity contribution is 5.85. The van der Waals surface area contributed by atoms with Crippen LogP contribution in [0.4, 0.5) is 4.39 Å². The summed E-state index contributed by atoms with van der Waals surface area (Å²) in [5.41, 5.74) is 5.64. The van der Waals surface area contributed by atoms with Crippen molar-refractivity contribution < 1.29 is 4.39 Å². The number of rotatable bonds is 5. The van der Waals surface area contributed by atoms with Crippen molar-refractivity contribution in [3.63, 3.8) is 0 Å². The van der Waals surface area contributed by atoms with Crippen LogP contribution in [0.15, 0.2) is 42.5 Å². The lowest BCUT2D eigenvalue weighted by atomic mass is 9.87. The maximum Gasteiger partial charge on any atom is 0.121 e. The molecule has 0 amide bonds. The van der Waals surface area contributed by atoms with Crippen LogP contribution < -0.4 is 0 Å². The van der Waals surface area contributed by atoms with Gasteiger partial charge in [0.05, 0.1) is 23.6 Å². The molecule has 2 atom stereocenters. The third-order valence-electron chi connectivity index (χ3n) is 7.46. The largest absolute Gasteiger partial charge is 0.357 e. The molecule has 5 nitrogen and oxygen atoms in total. The first-order chi connectivity index (χ1) is 16.2. The van der Waals surface area contributed by atoms with Gasteiger partial charge in [0.1, 0.15) is 11.5 Å². The van der Waals surface area contributed by atoms with Crippen molar-refractivity contribution in [1.29, 1.82) is 0 Å². The van der Waals surface area contributed by atoms with Crippen molar-refractivity contribution in [2.75, 3.05) is 19.6 Å². The minimum Gasteiger partial charge on any atom is -0.357 e. The lowest BCUT2D eigenvalue weighted by Gasteiger charge is -2.43. The molecule has 1 saturated heterocycles. The van der Waals surface area contributed by atoms with Crippen molar-refractivity contribution in [3.8, 4) is 0 Å². The van der Waals surface area contributed by atoms with E-state index in [0.717, 1.165) is 54.3 Å².